The number of rotatable bonds is 5. The van der Waals surface area contributed by atoms with Crippen LogP contribution in [0.1, 0.15) is 32.0 Å². The lowest BCUT2D eigenvalue weighted by Gasteiger charge is -2.21. The van der Waals surface area contributed by atoms with Gasteiger partial charge in [-0.3, -0.25) is 4.79 Å². The summed E-state index contributed by atoms with van der Waals surface area (Å²) in [4.78, 5) is 26.2. The number of nitrogens with one attached hydrogen (secondary N) is 1. The Balaban J connectivity index is 1.65. The van der Waals surface area contributed by atoms with Gasteiger partial charge in [-0.1, -0.05) is 35.9 Å². The zero-order chi connectivity index (χ0) is 27.0. The van der Waals surface area contributed by atoms with E-state index in [9.17, 15) is 22.8 Å². The summed E-state index contributed by atoms with van der Waals surface area (Å²) in [6.45, 7) is 5.11. The lowest BCUT2D eigenvalue weighted by Crippen LogP contribution is -2.40. The van der Waals surface area contributed by atoms with Gasteiger partial charge in [0.15, 0.2) is 5.75 Å². The molecule has 196 valence electrons. The SMILES string of the molecule is CC(C)(C)OC(=O)NCC(=O)N1Cc2nn(-c3ccccc3OC(F)(F)F)c(-c3ccc(Cl)cc3)c2C1. The third-order valence-corrected chi connectivity index (χ3v) is 5.58. The van der Waals surface area contributed by atoms with Crippen molar-refractivity contribution >= 4 is 23.6 Å². The van der Waals surface area contributed by atoms with Crippen molar-refractivity contribution in [3.8, 4) is 22.7 Å². The Labute approximate surface area is 215 Å². The van der Waals surface area contributed by atoms with Crippen LogP contribution in [0.15, 0.2) is 48.5 Å². The van der Waals surface area contributed by atoms with Gasteiger partial charge < -0.3 is 19.7 Å². The van der Waals surface area contributed by atoms with E-state index < -0.39 is 23.8 Å². The van der Waals surface area contributed by atoms with Gasteiger partial charge in [-0.2, -0.15) is 5.10 Å². The number of hydrogen-bond acceptors (Lipinski definition) is 5. The first-order valence-corrected chi connectivity index (χ1v) is 11.6. The maximum absolute atomic E-state index is 13.1. The average Bonchev–Trinajstić information content (AvgIpc) is 3.34. The van der Waals surface area contributed by atoms with Crippen LogP contribution in [0.2, 0.25) is 5.02 Å². The number of carbonyl (C=O) groups is 2. The number of hydrogen-bond donors (Lipinski definition) is 1. The molecular weight excluding hydrogens is 513 g/mol. The molecule has 0 fully saturated rings. The number of fused-ring (bicyclic) bond motifs is 1. The van der Waals surface area contributed by atoms with Crippen molar-refractivity contribution in [2.24, 2.45) is 0 Å². The topological polar surface area (TPSA) is 85.7 Å². The molecule has 0 bridgehead atoms. The third kappa shape index (κ3) is 6.34. The molecule has 1 aliphatic rings. The first-order chi connectivity index (χ1) is 17.3. The van der Waals surface area contributed by atoms with Crippen molar-refractivity contribution in [3.05, 3.63) is 64.8 Å². The molecule has 0 spiro atoms. The largest absolute Gasteiger partial charge is 0.573 e. The van der Waals surface area contributed by atoms with Gasteiger partial charge in [-0.25, -0.2) is 9.48 Å². The summed E-state index contributed by atoms with van der Waals surface area (Å²) >= 11 is 6.05. The van der Waals surface area contributed by atoms with E-state index in [4.69, 9.17) is 16.3 Å². The first-order valence-electron chi connectivity index (χ1n) is 11.3. The molecule has 37 heavy (non-hydrogen) atoms. The molecule has 0 radical (unpaired) electrons. The number of halogens is 4. The van der Waals surface area contributed by atoms with Crippen LogP contribution in [0.25, 0.3) is 16.9 Å². The molecule has 1 N–H and O–H groups in total. The van der Waals surface area contributed by atoms with Crippen LogP contribution in [0, 0.1) is 0 Å². The second-order valence-electron chi connectivity index (χ2n) is 9.31. The Morgan fingerprint density at radius 3 is 2.38 bits per heavy atom. The fourth-order valence-corrected chi connectivity index (χ4v) is 4.01. The standard InChI is InChI=1S/C25H24ClF3N4O4/c1-24(2,3)37-23(35)30-12-21(34)32-13-17-18(14-32)31-33(22(17)15-8-10-16(26)11-9-15)19-6-4-5-7-20(19)36-25(27,28)29/h4-11H,12-14H2,1-3H3,(H,30,35). The van der Waals surface area contributed by atoms with Crippen molar-refractivity contribution < 1.29 is 32.2 Å². The summed E-state index contributed by atoms with van der Waals surface area (Å²) in [5.41, 5.74) is 1.69. The number of alkyl halides is 3. The van der Waals surface area contributed by atoms with Gasteiger partial charge in [0.1, 0.15) is 17.8 Å². The number of carbonyl (C=O) groups excluding carboxylic acids is 2. The molecule has 4 rings (SSSR count). The highest BCUT2D eigenvalue weighted by Crippen LogP contribution is 2.38. The van der Waals surface area contributed by atoms with Crippen molar-refractivity contribution in [2.45, 2.75) is 45.8 Å². The molecule has 0 atom stereocenters. The van der Waals surface area contributed by atoms with E-state index in [0.29, 0.717) is 27.5 Å². The normalized spacial score (nSPS) is 13.3. The summed E-state index contributed by atoms with van der Waals surface area (Å²) in [5.74, 6) is -0.779. The van der Waals surface area contributed by atoms with E-state index in [1.54, 1.807) is 51.1 Å². The van der Waals surface area contributed by atoms with Crippen LogP contribution in [0.3, 0.4) is 0 Å². The molecule has 2 aromatic carbocycles. The second kappa shape index (κ2) is 9.97. The molecule has 0 saturated carbocycles. The minimum atomic E-state index is -4.89. The van der Waals surface area contributed by atoms with Gasteiger partial charge in [0, 0.05) is 16.1 Å². The number of benzene rings is 2. The van der Waals surface area contributed by atoms with Crippen molar-refractivity contribution in [1.82, 2.24) is 20.0 Å². The van der Waals surface area contributed by atoms with Crippen LogP contribution in [-0.4, -0.2) is 45.2 Å². The van der Waals surface area contributed by atoms with E-state index >= 15 is 0 Å². The minimum absolute atomic E-state index is 0.0867. The molecule has 0 unspecified atom stereocenters. The van der Waals surface area contributed by atoms with Gasteiger partial charge in [-0.05, 0) is 45.0 Å². The number of para-hydroxylation sites is 2. The first kappa shape index (κ1) is 26.3. The minimum Gasteiger partial charge on any atom is -0.444 e. The van der Waals surface area contributed by atoms with Gasteiger partial charge in [0.05, 0.1) is 24.5 Å². The summed E-state index contributed by atoms with van der Waals surface area (Å²) in [6, 6.07) is 12.4. The van der Waals surface area contributed by atoms with E-state index in [0.717, 1.165) is 0 Å². The molecule has 1 aliphatic heterocycles. The number of amides is 2. The molecule has 3 aromatic rings. The van der Waals surface area contributed by atoms with E-state index in [1.165, 1.54) is 27.8 Å². The summed E-state index contributed by atoms with van der Waals surface area (Å²) in [5, 5.41) is 7.48. The van der Waals surface area contributed by atoms with Crippen molar-refractivity contribution in [2.75, 3.05) is 6.54 Å². The molecule has 0 saturated heterocycles. The van der Waals surface area contributed by atoms with Crippen LogP contribution in [0.4, 0.5) is 18.0 Å². The molecule has 12 heteroatoms. The quantitative estimate of drug-likeness (QED) is 0.468. The predicted octanol–water partition coefficient (Wildman–Crippen LogP) is 5.46. The van der Waals surface area contributed by atoms with Gasteiger partial charge in [0.25, 0.3) is 0 Å². The molecule has 2 heterocycles. The maximum Gasteiger partial charge on any atom is 0.573 e. The Kier molecular flexibility index (Phi) is 7.09. The van der Waals surface area contributed by atoms with Crippen LogP contribution < -0.4 is 10.1 Å². The second-order valence-corrected chi connectivity index (χ2v) is 9.75. The fraction of sp³-hybridized carbons (Fsp3) is 0.320. The highest BCUT2D eigenvalue weighted by atomic mass is 35.5. The van der Waals surface area contributed by atoms with Gasteiger partial charge in [0.2, 0.25) is 5.91 Å². The lowest BCUT2D eigenvalue weighted by molar-refractivity contribution is -0.274. The smallest absolute Gasteiger partial charge is 0.444 e. The number of ether oxygens (including phenoxy) is 2. The van der Waals surface area contributed by atoms with Crippen LogP contribution in [-0.2, 0) is 22.6 Å². The highest BCUT2D eigenvalue weighted by Gasteiger charge is 2.35. The summed E-state index contributed by atoms with van der Waals surface area (Å²) < 4.78 is 50.0. The van der Waals surface area contributed by atoms with Crippen molar-refractivity contribution in [3.63, 3.8) is 0 Å². The van der Waals surface area contributed by atoms with Gasteiger partial charge >= 0.3 is 12.5 Å². The molecule has 2 amide bonds. The van der Waals surface area contributed by atoms with Crippen LogP contribution >= 0.6 is 11.6 Å². The Bertz CT molecular complexity index is 1320. The zero-order valence-corrected chi connectivity index (χ0v) is 21.0. The zero-order valence-electron chi connectivity index (χ0n) is 20.2. The fourth-order valence-electron chi connectivity index (χ4n) is 3.89. The predicted molar refractivity (Wildman–Crippen MR) is 129 cm³/mol. The third-order valence-electron chi connectivity index (χ3n) is 5.33. The maximum atomic E-state index is 13.1. The Morgan fingerprint density at radius 1 is 1.05 bits per heavy atom. The van der Waals surface area contributed by atoms with Crippen molar-refractivity contribution in [1.29, 1.82) is 0 Å². The van der Waals surface area contributed by atoms with E-state index in [-0.39, 0.29) is 31.2 Å². The van der Waals surface area contributed by atoms with E-state index in [2.05, 4.69) is 15.2 Å². The van der Waals surface area contributed by atoms with Crippen LogP contribution in [0.5, 0.6) is 5.75 Å². The molecule has 1 aromatic heterocycles. The Morgan fingerprint density at radius 2 is 1.73 bits per heavy atom. The van der Waals surface area contributed by atoms with Gasteiger partial charge in [-0.15, -0.1) is 13.2 Å². The monoisotopic (exact) mass is 536 g/mol. The summed E-state index contributed by atoms with van der Waals surface area (Å²) in [6.07, 6.45) is -5.61. The Hall–Kier alpha value is -3.73. The number of nitrogens with zero attached hydrogens (tertiary/aromatic N) is 3. The molecular formula is C25H24ClF3N4O4. The van der Waals surface area contributed by atoms with E-state index in [1.807, 2.05) is 0 Å². The highest BCUT2D eigenvalue weighted by molar-refractivity contribution is 6.30. The summed E-state index contributed by atoms with van der Waals surface area (Å²) in [7, 11) is 0. The average molecular weight is 537 g/mol. The number of alkyl carbamates (subject to hydrolysis) is 1. The lowest BCUT2D eigenvalue weighted by atomic mass is 10.1. The number of aromatic nitrogens is 2. The molecule has 8 nitrogen and oxygen atoms in total. The molecule has 0 aliphatic carbocycles.